The second kappa shape index (κ2) is 8.45. The summed E-state index contributed by atoms with van der Waals surface area (Å²) in [5.74, 6) is -0.519. The Labute approximate surface area is 179 Å². The van der Waals surface area contributed by atoms with Crippen molar-refractivity contribution >= 4 is 20.9 Å². The number of para-hydroxylation sites is 1. The summed E-state index contributed by atoms with van der Waals surface area (Å²) in [5.41, 5.74) is 2.43. The first kappa shape index (κ1) is 21.0. The third-order valence-electron chi connectivity index (χ3n) is 5.16. The van der Waals surface area contributed by atoms with Crippen LogP contribution < -0.4 is 5.56 Å². The third kappa shape index (κ3) is 4.42. The van der Waals surface area contributed by atoms with E-state index in [1.807, 2.05) is 55.5 Å². The predicted octanol–water partition coefficient (Wildman–Crippen LogP) is 4.37. The average Bonchev–Trinajstić information content (AvgIpc) is 2.75. The number of pyridine rings is 1. The molecule has 0 spiro atoms. The van der Waals surface area contributed by atoms with E-state index < -0.39 is 15.8 Å². The van der Waals surface area contributed by atoms with E-state index >= 15 is 0 Å². The van der Waals surface area contributed by atoms with E-state index in [2.05, 4.69) is 4.98 Å². The Hall–Kier alpha value is -3.29. The molecule has 0 aliphatic heterocycles. The Bertz CT molecular complexity index is 1380. The van der Waals surface area contributed by atoms with Crippen LogP contribution in [0.2, 0.25) is 0 Å². The molecule has 0 unspecified atom stereocenters. The van der Waals surface area contributed by atoms with Gasteiger partial charge in [0, 0.05) is 18.7 Å². The molecule has 4 rings (SSSR count). The molecule has 0 bridgehead atoms. The van der Waals surface area contributed by atoms with Gasteiger partial charge in [-0.3, -0.25) is 4.79 Å². The van der Waals surface area contributed by atoms with Crippen LogP contribution in [0.5, 0.6) is 0 Å². The van der Waals surface area contributed by atoms with Crippen molar-refractivity contribution in [3.63, 3.8) is 0 Å². The van der Waals surface area contributed by atoms with Gasteiger partial charge in [-0.05, 0) is 53.8 Å². The van der Waals surface area contributed by atoms with Crippen LogP contribution in [0.15, 0.2) is 88.6 Å². The minimum absolute atomic E-state index is 0.0297. The summed E-state index contributed by atoms with van der Waals surface area (Å²) in [6.45, 7) is 1.86. The zero-order chi connectivity index (χ0) is 22.0. The number of fused-ring (bicyclic) bond motifs is 1. The molecule has 158 valence electrons. The molecule has 7 heteroatoms. The molecular formula is C24H21FN2O3S. The maximum absolute atomic E-state index is 13.4. The van der Waals surface area contributed by atoms with Crippen molar-refractivity contribution in [1.82, 2.24) is 9.29 Å². The predicted molar refractivity (Wildman–Crippen MR) is 119 cm³/mol. The fourth-order valence-electron chi connectivity index (χ4n) is 3.50. The number of H-pyrrole nitrogens is 1. The second-order valence-corrected chi connectivity index (χ2v) is 9.31. The molecule has 0 saturated carbocycles. The molecule has 0 atom stereocenters. The van der Waals surface area contributed by atoms with Crippen molar-refractivity contribution in [1.29, 1.82) is 0 Å². The highest BCUT2D eigenvalue weighted by molar-refractivity contribution is 7.89. The highest BCUT2D eigenvalue weighted by atomic mass is 32.2. The first-order valence-electron chi connectivity index (χ1n) is 9.76. The number of nitrogens with zero attached hydrogens (tertiary/aromatic N) is 1. The van der Waals surface area contributed by atoms with Gasteiger partial charge in [-0.2, -0.15) is 4.31 Å². The molecule has 1 aromatic heterocycles. The number of hydrogen-bond donors (Lipinski definition) is 1. The first-order valence-corrected chi connectivity index (χ1v) is 11.2. The van der Waals surface area contributed by atoms with Gasteiger partial charge in [-0.15, -0.1) is 0 Å². The van der Waals surface area contributed by atoms with Crippen LogP contribution in [0.1, 0.15) is 16.7 Å². The third-order valence-corrected chi connectivity index (χ3v) is 6.97. The number of aryl methyl sites for hydroxylation is 1. The summed E-state index contributed by atoms with van der Waals surface area (Å²) in [4.78, 5) is 15.6. The lowest BCUT2D eigenvalue weighted by Crippen LogP contribution is -2.32. The summed E-state index contributed by atoms with van der Waals surface area (Å²) in [6.07, 6.45) is 0. The van der Waals surface area contributed by atoms with Crippen LogP contribution in [0.25, 0.3) is 10.9 Å². The van der Waals surface area contributed by atoms with Gasteiger partial charge in [0.2, 0.25) is 10.0 Å². The van der Waals surface area contributed by atoms with Gasteiger partial charge in [-0.1, -0.05) is 48.5 Å². The molecule has 4 aromatic rings. The van der Waals surface area contributed by atoms with Crippen molar-refractivity contribution in [2.45, 2.75) is 24.9 Å². The molecule has 0 saturated heterocycles. The minimum Gasteiger partial charge on any atom is -0.321 e. The van der Waals surface area contributed by atoms with E-state index in [4.69, 9.17) is 0 Å². The van der Waals surface area contributed by atoms with Gasteiger partial charge in [0.05, 0.1) is 10.4 Å². The van der Waals surface area contributed by atoms with E-state index in [1.54, 1.807) is 6.07 Å². The van der Waals surface area contributed by atoms with Crippen molar-refractivity contribution in [2.24, 2.45) is 0 Å². The molecule has 5 nitrogen and oxygen atoms in total. The number of halogens is 1. The number of benzene rings is 3. The number of nitrogens with one attached hydrogen (secondary N) is 1. The van der Waals surface area contributed by atoms with E-state index in [0.717, 1.165) is 34.2 Å². The Balaban J connectivity index is 1.78. The minimum atomic E-state index is -3.98. The molecule has 3 aromatic carbocycles. The SMILES string of the molecule is Cc1cccc2cc(CN(Cc3ccccc3)S(=O)(=O)c3ccc(F)cc3)c(=O)[nH]c12. The number of sulfonamides is 1. The molecule has 31 heavy (non-hydrogen) atoms. The standard InChI is InChI=1S/C24H21FN2O3S/c1-17-6-5-9-19-14-20(24(28)26-23(17)19)16-27(15-18-7-3-2-4-8-18)31(29,30)22-12-10-21(25)11-13-22/h2-14H,15-16H2,1H3,(H,26,28). The highest BCUT2D eigenvalue weighted by Crippen LogP contribution is 2.22. The Morgan fingerprint density at radius 1 is 0.903 bits per heavy atom. The maximum atomic E-state index is 13.4. The number of aromatic nitrogens is 1. The van der Waals surface area contributed by atoms with Crippen LogP contribution in [0.3, 0.4) is 0 Å². The molecule has 0 fully saturated rings. The summed E-state index contributed by atoms with van der Waals surface area (Å²) in [7, 11) is -3.98. The molecule has 0 amide bonds. The Morgan fingerprint density at radius 2 is 1.61 bits per heavy atom. The monoisotopic (exact) mass is 436 g/mol. The molecule has 1 N–H and O–H groups in total. The average molecular weight is 437 g/mol. The lowest BCUT2D eigenvalue weighted by atomic mass is 10.1. The quantitative estimate of drug-likeness (QED) is 0.488. The van der Waals surface area contributed by atoms with Gasteiger partial charge in [0.25, 0.3) is 5.56 Å². The molecular weight excluding hydrogens is 415 g/mol. The van der Waals surface area contributed by atoms with Crippen LogP contribution in [-0.4, -0.2) is 17.7 Å². The van der Waals surface area contributed by atoms with E-state index in [0.29, 0.717) is 5.56 Å². The normalized spacial score (nSPS) is 11.8. The van der Waals surface area contributed by atoms with Gasteiger partial charge in [0.1, 0.15) is 5.82 Å². The van der Waals surface area contributed by atoms with Crippen LogP contribution in [0.4, 0.5) is 4.39 Å². The smallest absolute Gasteiger partial charge is 0.252 e. The zero-order valence-corrected chi connectivity index (χ0v) is 17.7. The van der Waals surface area contributed by atoms with Gasteiger partial charge < -0.3 is 4.98 Å². The van der Waals surface area contributed by atoms with Crippen LogP contribution >= 0.6 is 0 Å². The lowest BCUT2D eigenvalue weighted by Gasteiger charge is -2.22. The highest BCUT2D eigenvalue weighted by Gasteiger charge is 2.26. The van der Waals surface area contributed by atoms with Gasteiger partial charge >= 0.3 is 0 Å². The maximum Gasteiger partial charge on any atom is 0.252 e. The van der Waals surface area contributed by atoms with Crippen LogP contribution in [0, 0.1) is 12.7 Å². The van der Waals surface area contributed by atoms with Gasteiger partial charge in [0.15, 0.2) is 0 Å². The summed E-state index contributed by atoms with van der Waals surface area (Å²) < 4.78 is 41.3. The van der Waals surface area contributed by atoms with Crippen molar-refractivity contribution in [3.8, 4) is 0 Å². The first-order chi connectivity index (χ1) is 14.8. The fourth-order valence-corrected chi connectivity index (χ4v) is 4.91. The zero-order valence-electron chi connectivity index (χ0n) is 16.9. The summed E-state index contributed by atoms with van der Waals surface area (Å²) >= 11 is 0. The van der Waals surface area contributed by atoms with E-state index in [9.17, 15) is 17.6 Å². The van der Waals surface area contributed by atoms with Crippen molar-refractivity contribution in [3.05, 3.63) is 112 Å². The molecule has 0 aliphatic carbocycles. The summed E-state index contributed by atoms with van der Waals surface area (Å²) in [5, 5.41) is 0.827. The Kier molecular flexibility index (Phi) is 5.71. The fraction of sp³-hybridized carbons (Fsp3) is 0.125. The van der Waals surface area contributed by atoms with Crippen molar-refractivity contribution < 1.29 is 12.8 Å². The second-order valence-electron chi connectivity index (χ2n) is 7.38. The van der Waals surface area contributed by atoms with E-state index in [1.165, 1.54) is 16.4 Å². The van der Waals surface area contributed by atoms with Crippen molar-refractivity contribution in [2.75, 3.05) is 0 Å². The Morgan fingerprint density at radius 3 is 2.32 bits per heavy atom. The molecule has 1 heterocycles. The lowest BCUT2D eigenvalue weighted by molar-refractivity contribution is 0.399. The number of aromatic amines is 1. The van der Waals surface area contributed by atoms with Gasteiger partial charge in [-0.25, -0.2) is 12.8 Å². The number of hydrogen-bond acceptors (Lipinski definition) is 3. The molecule has 0 aliphatic rings. The summed E-state index contributed by atoms with van der Waals surface area (Å²) in [6, 6.07) is 21.2. The number of rotatable bonds is 6. The van der Waals surface area contributed by atoms with E-state index in [-0.39, 0.29) is 23.5 Å². The largest absolute Gasteiger partial charge is 0.321 e. The topological polar surface area (TPSA) is 70.2 Å². The molecule has 0 radical (unpaired) electrons. The van der Waals surface area contributed by atoms with Crippen LogP contribution in [-0.2, 0) is 23.1 Å².